The van der Waals surface area contributed by atoms with Crippen LogP contribution in [0, 0.1) is 0 Å². The Morgan fingerprint density at radius 2 is 2.21 bits per heavy atom. The minimum atomic E-state index is -0.180. The Morgan fingerprint density at radius 1 is 1.25 bits per heavy atom. The van der Waals surface area contributed by atoms with E-state index < -0.39 is 0 Å². The number of hydrogen-bond acceptors (Lipinski definition) is 7. The molecule has 4 heterocycles. The predicted molar refractivity (Wildman–Crippen MR) is 92.2 cm³/mol. The number of furan rings is 1. The third-order valence-corrected chi connectivity index (χ3v) is 4.94. The maximum Gasteiger partial charge on any atom is 0.237 e. The molecule has 120 valence electrons. The zero-order valence-electron chi connectivity index (χ0n) is 12.2. The van der Waals surface area contributed by atoms with Crippen molar-refractivity contribution in [3.05, 3.63) is 48.0 Å². The summed E-state index contributed by atoms with van der Waals surface area (Å²) in [5.74, 6) is 0.428. The number of rotatable bonds is 5. The number of nitrogens with zero attached hydrogens (tertiary/aromatic N) is 4. The molecule has 7 nitrogen and oxygen atoms in total. The predicted octanol–water partition coefficient (Wildman–Crippen LogP) is 3.18. The lowest BCUT2D eigenvalue weighted by atomic mass is 10.3. The summed E-state index contributed by atoms with van der Waals surface area (Å²) < 4.78 is 6.74. The third kappa shape index (κ3) is 3.03. The van der Waals surface area contributed by atoms with E-state index in [-0.39, 0.29) is 11.7 Å². The average molecular weight is 357 g/mol. The van der Waals surface area contributed by atoms with Crippen LogP contribution in [0.1, 0.15) is 0 Å². The van der Waals surface area contributed by atoms with Gasteiger partial charge in [-0.25, -0.2) is 0 Å². The van der Waals surface area contributed by atoms with E-state index in [1.165, 1.54) is 18.0 Å². The van der Waals surface area contributed by atoms with E-state index in [2.05, 4.69) is 20.6 Å². The SMILES string of the molecule is O=C(CSc1nnc2ccc(-c3cccs3)nn12)Nc1ccco1. The molecule has 4 aromatic heterocycles. The van der Waals surface area contributed by atoms with Crippen LogP contribution in [0.4, 0.5) is 5.88 Å². The number of aromatic nitrogens is 4. The summed E-state index contributed by atoms with van der Waals surface area (Å²) in [6.45, 7) is 0. The van der Waals surface area contributed by atoms with Crippen molar-refractivity contribution in [3.8, 4) is 10.6 Å². The monoisotopic (exact) mass is 357 g/mol. The minimum Gasteiger partial charge on any atom is -0.449 e. The Kier molecular flexibility index (Phi) is 4.01. The van der Waals surface area contributed by atoms with Gasteiger partial charge in [-0.2, -0.15) is 9.61 Å². The number of anilines is 1. The topological polar surface area (TPSA) is 85.3 Å². The number of thioether (sulfide) groups is 1. The molecule has 0 aromatic carbocycles. The van der Waals surface area contributed by atoms with Crippen molar-refractivity contribution in [3.63, 3.8) is 0 Å². The standard InChI is InChI=1S/C15H11N5O2S2/c21-13(16-14-4-1-7-22-14)9-24-15-18-17-12-6-5-10(19-20(12)15)11-3-2-8-23-11/h1-8H,9H2,(H,16,21). The highest BCUT2D eigenvalue weighted by molar-refractivity contribution is 7.99. The molecule has 0 bridgehead atoms. The molecule has 0 aliphatic carbocycles. The molecule has 0 aliphatic rings. The zero-order valence-corrected chi connectivity index (χ0v) is 13.9. The molecule has 1 amide bonds. The molecule has 1 N–H and O–H groups in total. The summed E-state index contributed by atoms with van der Waals surface area (Å²) in [6, 6.07) is 11.2. The molecule has 0 spiro atoms. The van der Waals surface area contributed by atoms with E-state index in [0.29, 0.717) is 16.7 Å². The van der Waals surface area contributed by atoms with E-state index in [0.717, 1.165) is 10.6 Å². The molecule has 0 fully saturated rings. The van der Waals surface area contributed by atoms with Crippen LogP contribution in [0.15, 0.2) is 57.6 Å². The summed E-state index contributed by atoms with van der Waals surface area (Å²) in [6.07, 6.45) is 1.50. The first-order valence-corrected chi connectivity index (χ1v) is 8.88. The van der Waals surface area contributed by atoms with Gasteiger partial charge in [0.2, 0.25) is 11.1 Å². The molecule has 24 heavy (non-hydrogen) atoms. The number of carbonyl (C=O) groups excluding carboxylic acids is 1. The van der Waals surface area contributed by atoms with Gasteiger partial charge in [0.15, 0.2) is 11.5 Å². The zero-order chi connectivity index (χ0) is 16.4. The van der Waals surface area contributed by atoms with Gasteiger partial charge in [0, 0.05) is 6.07 Å². The van der Waals surface area contributed by atoms with Crippen molar-refractivity contribution in [2.24, 2.45) is 0 Å². The molecule has 0 radical (unpaired) electrons. The lowest BCUT2D eigenvalue weighted by molar-refractivity contribution is -0.113. The Labute approximate surface area is 144 Å². The number of carbonyl (C=O) groups is 1. The van der Waals surface area contributed by atoms with Crippen LogP contribution < -0.4 is 5.32 Å². The third-order valence-electron chi connectivity index (χ3n) is 3.12. The maximum atomic E-state index is 11.9. The lowest BCUT2D eigenvalue weighted by Crippen LogP contribution is -2.13. The molecule has 0 unspecified atom stereocenters. The summed E-state index contributed by atoms with van der Waals surface area (Å²) in [5.41, 5.74) is 1.49. The van der Waals surface area contributed by atoms with Crippen molar-refractivity contribution in [2.75, 3.05) is 11.1 Å². The van der Waals surface area contributed by atoms with Crippen molar-refractivity contribution < 1.29 is 9.21 Å². The van der Waals surface area contributed by atoms with Crippen LogP contribution in [0.2, 0.25) is 0 Å². The van der Waals surface area contributed by atoms with E-state index >= 15 is 0 Å². The Bertz CT molecular complexity index is 963. The summed E-state index contributed by atoms with van der Waals surface area (Å²) >= 11 is 2.88. The van der Waals surface area contributed by atoms with Gasteiger partial charge in [0.1, 0.15) is 5.69 Å². The van der Waals surface area contributed by atoms with Crippen LogP contribution in [0.25, 0.3) is 16.2 Å². The number of thiophene rings is 1. The summed E-state index contributed by atoms with van der Waals surface area (Å²) in [5, 5.41) is 18.0. The van der Waals surface area contributed by atoms with E-state index in [4.69, 9.17) is 4.42 Å². The van der Waals surface area contributed by atoms with Crippen LogP contribution in [-0.4, -0.2) is 31.5 Å². The molecule has 0 atom stereocenters. The lowest BCUT2D eigenvalue weighted by Gasteiger charge is -2.02. The molecule has 4 rings (SSSR count). The van der Waals surface area contributed by atoms with Crippen molar-refractivity contribution >= 4 is 40.5 Å². The summed E-state index contributed by atoms with van der Waals surface area (Å²) in [7, 11) is 0. The first kappa shape index (κ1) is 14.9. The minimum absolute atomic E-state index is 0.180. The molecule has 9 heteroatoms. The highest BCUT2D eigenvalue weighted by Gasteiger charge is 2.12. The molecule has 0 saturated heterocycles. The largest absolute Gasteiger partial charge is 0.449 e. The highest BCUT2D eigenvalue weighted by atomic mass is 32.2. The summed E-state index contributed by atoms with van der Waals surface area (Å²) in [4.78, 5) is 13.0. The van der Waals surface area contributed by atoms with Crippen LogP contribution in [0.3, 0.4) is 0 Å². The van der Waals surface area contributed by atoms with Gasteiger partial charge in [-0.3, -0.25) is 10.1 Å². The molecular formula is C15H11N5O2S2. The molecule has 4 aromatic rings. The first-order valence-electron chi connectivity index (χ1n) is 7.02. The Hall–Kier alpha value is -2.65. The van der Waals surface area contributed by atoms with Crippen molar-refractivity contribution in [1.29, 1.82) is 0 Å². The van der Waals surface area contributed by atoms with Crippen molar-refractivity contribution in [2.45, 2.75) is 5.16 Å². The number of nitrogens with one attached hydrogen (secondary N) is 1. The average Bonchev–Trinajstić information content (AvgIpc) is 3.34. The highest BCUT2D eigenvalue weighted by Crippen LogP contribution is 2.24. The van der Waals surface area contributed by atoms with Gasteiger partial charge in [0.05, 0.1) is 16.9 Å². The van der Waals surface area contributed by atoms with Crippen molar-refractivity contribution in [1.82, 2.24) is 19.8 Å². The van der Waals surface area contributed by atoms with Gasteiger partial charge >= 0.3 is 0 Å². The van der Waals surface area contributed by atoms with Gasteiger partial charge in [-0.15, -0.1) is 21.5 Å². The second-order valence-corrected chi connectivity index (χ2v) is 6.65. The normalized spacial score (nSPS) is 11.0. The van der Waals surface area contributed by atoms with Crippen LogP contribution in [0.5, 0.6) is 0 Å². The molecular weight excluding hydrogens is 346 g/mol. The fraction of sp³-hybridized carbons (Fsp3) is 0.0667. The number of fused-ring (bicyclic) bond motifs is 1. The maximum absolute atomic E-state index is 11.9. The number of hydrogen-bond donors (Lipinski definition) is 1. The Morgan fingerprint density at radius 3 is 3.00 bits per heavy atom. The second kappa shape index (κ2) is 6.46. The quantitative estimate of drug-likeness (QED) is 0.552. The van der Waals surface area contributed by atoms with Crippen LogP contribution in [-0.2, 0) is 4.79 Å². The fourth-order valence-corrected chi connectivity index (χ4v) is 3.45. The number of amides is 1. The van der Waals surface area contributed by atoms with Gasteiger partial charge in [0.25, 0.3) is 0 Å². The molecule has 0 aliphatic heterocycles. The second-order valence-electron chi connectivity index (χ2n) is 4.76. The van der Waals surface area contributed by atoms with Gasteiger partial charge in [-0.1, -0.05) is 17.8 Å². The smallest absolute Gasteiger partial charge is 0.237 e. The van der Waals surface area contributed by atoms with E-state index in [9.17, 15) is 4.79 Å². The fourth-order valence-electron chi connectivity index (χ4n) is 2.07. The first-order chi connectivity index (χ1) is 11.8. The van der Waals surface area contributed by atoms with Crippen LogP contribution >= 0.6 is 23.1 Å². The van der Waals surface area contributed by atoms with Gasteiger partial charge in [-0.05, 0) is 29.6 Å². The van der Waals surface area contributed by atoms with E-state index in [1.54, 1.807) is 28.0 Å². The molecule has 0 saturated carbocycles. The van der Waals surface area contributed by atoms with E-state index in [1.807, 2.05) is 29.6 Å². The Balaban J connectivity index is 1.51. The van der Waals surface area contributed by atoms with Gasteiger partial charge < -0.3 is 4.42 Å².